The fraction of sp³-hybridized carbons (Fsp3) is 0.714. The van der Waals surface area contributed by atoms with Gasteiger partial charge >= 0.3 is 0 Å². The van der Waals surface area contributed by atoms with Gasteiger partial charge in [-0.3, -0.25) is 0 Å². The predicted molar refractivity (Wildman–Crippen MR) is 62.2 cm³/mol. The Labute approximate surface area is 88.1 Å². The van der Waals surface area contributed by atoms with E-state index in [1.807, 2.05) is 0 Å². The normalized spacial score (nSPS) is 28.1. The van der Waals surface area contributed by atoms with E-state index in [-0.39, 0.29) is 0 Å². The number of hydrogen-bond donors (Lipinski definition) is 0. The molecular weight excluding hydrogens is 168 g/mol. The molecule has 1 saturated carbocycles. The highest BCUT2D eigenvalue weighted by molar-refractivity contribution is 5.10. The Morgan fingerprint density at radius 1 is 0.929 bits per heavy atom. The topological polar surface area (TPSA) is 0 Å². The van der Waals surface area contributed by atoms with Crippen LogP contribution in [-0.4, -0.2) is 0 Å². The summed E-state index contributed by atoms with van der Waals surface area (Å²) in [4.78, 5) is 0. The van der Waals surface area contributed by atoms with E-state index in [2.05, 4.69) is 24.3 Å². The van der Waals surface area contributed by atoms with Gasteiger partial charge in [0.25, 0.3) is 0 Å². The minimum Gasteiger partial charge on any atom is -0.0840 e. The van der Waals surface area contributed by atoms with Gasteiger partial charge in [-0.15, -0.1) is 0 Å². The van der Waals surface area contributed by atoms with Crippen LogP contribution in [0.3, 0.4) is 0 Å². The van der Waals surface area contributed by atoms with E-state index in [1.54, 1.807) is 0 Å². The van der Waals surface area contributed by atoms with Gasteiger partial charge in [0.1, 0.15) is 0 Å². The first-order valence-electron chi connectivity index (χ1n) is 6.28. The van der Waals surface area contributed by atoms with Gasteiger partial charge in [-0.25, -0.2) is 0 Å². The van der Waals surface area contributed by atoms with Crippen LogP contribution < -0.4 is 0 Å². The van der Waals surface area contributed by atoms with E-state index >= 15 is 0 Å². The molecule has 0 heterocycles. The van der Waals surface area contributed by atoms with Crippen LogP contribution in [0, 0.1) is 11.8 Å². The molecule has 1 fully saturated rings. The molecule has 0 aromatic heterocycles. The molecule has 1 atom stereocenters. The second-order valence-corrected chi connectivity index (χ2v) is 4.89. The molecule has 2 aliphatic rings. The van der Waals surface area contributed by atoms with E-state index in [9.17, 15) is 0 Å². The molecule has 0 nitrogen and oxygen atoms in total. The van der Waals surface area contributed by atoms with Crippen LogP contribution in [0.25, 0.3) is 0 Å². The van der Waals surface area contributed by atoms with Crippen molar-refractivity contribution in [2.45, 2.75) is 51.4 Å². The molecule has 0 spiro atoms. The first-order valence-corrected chi connectivity index (χ1v) is 6.28. The molecule has 0 N–H and O–H groups in total. The molecule has 0 aromatic rings. The van der Waals surface area contributed by atoms with Gasteiger partial charge in [0, 0.05) is 0 Å². The van der Waals surface area contributed by atoms with Gasteiger partial charge in [0.05, 0.1) is 0 Å². The Kier molecular flexibility index (Phi) is 3.85. The van der Waals surface area contributed by atoms with Crippen LogP contribution in [0.2, 0.25) is 0 Å². The SMILES string of the molecule is C1=CCC(CCC2CCCCC2)C=C1. The fourth-order valence-electron chi connectivity index (χ4n) is 2.77. The van der Waals surface area contributed by atoms with Gasteiger partial charge < -0.3 is 0 Å². The quantitative estimate of drug-likeness (QED) is 0.615. The maximum absolute atomic E-state index is 2.39. The molecule has 0 aromatic carbocycles. The molecule has 14 heavy (non-hydrogen) atoms. The number of allylic oxidation sites excluding steroid dienone is 4. The molecule has 2 aliphatic carbocycles. The summed E-state index contributed by atoms with van der Waals surface area (Å²) in [6, 6.07) is 0. The smallest absolute Gasteiger partial charge is 0.0196 e. The van der Waals surface area contributed by atoms with E-state index in [0.717, 1.165) is 11.8 Å². The largest absolute Gasteiger partial charge is 0.0840 e. The molecular formula is C14H22. The second kappa shape index (κ2) is 5.38. The lowest BCUT2D eigenvalue weighted by molar-refractivity contribution is 0.319. The van der Waals surface area contributed by atoms with Crippen molar-refractivity contribution in [1.29, 1.82) is 0 Å². The molecule has 1 unspecified atom stereocenters. The number of hydrogen-bond acceptors (Lipinski definition) is 0. The van der Waals surface area contributed by atoms with Crippen LogP contribution in [0.15, 0.2) is 24.3 Å². The van der Waals surface area contributed by atoms with Crippen molar-refractivity contribution in [3.63, 3.8) is 0 Å². The maximum Gasteiger partial charge on any atom is -0.0196 e. The van der Waals surface area contributed by atoms with Crippen molar-refractivity contribution in [2.75, 3.05) is 0 Å². The average Bonchev–Trinajstić information content (AvgIpc) is 2.29. The molecule has 0 saturated heterocycles. The Hall–Kier alpha value is -0.520. The lowest BCUT2D eigenvalue weighted by Gasteiger charge is -2.23. The summed E-state index contributed by atoms with van der Waals surface area (Å²) >= 11 is 0. The zero-order valence-corrected chi connectivity index (χ0v) is 9.12. The van der Waals surface area contributed by atoms with E-state index in [1.165, 1.54) is 51.4 Å². The standard InChI is InChI=1S/C14H22/c1-3-7-13(8-4-1)11-12-14-9-5-2-6-10-14/h1,3-4,7,13-14H,2,5-6,8-12H2. The Morgan fingerprint density at radius 2 is 1.79 bits per heavy atom. The molecule has 2 rings (SSSR count). The monoisotopic (exact) mass is 190 g/mol. The highest BCUT2D eigenvalue weighted by Crippen LogP contribution is 2.30. The first-order chi connectivity index (χ1) is 6.95. The van der Waals surface area contributed by atoms with Crippen molar-refractivity contribution in [3.05, 3.63) is 24.3 Å². The predicted octanol–water partition coefficient (Wildman–Crippen LogP) is 4.48. The summed E-state index contributed by atoms with van der Waals surface area (Å²) < 4.78 is 0. The Bertz CT molecular complexity index is 206. The zero-order valence-electron chi connectivity index (χ0n) is 9.12. The van der Waals surface area contributed by atoms with Gasteiger partial charge in [-0.2, -0.15) is 0 Å². The summed E-state index contributed by atoms with van der Waals surface area (Å²) in [6.45, 7) is 0. The van der Waals surface area contributed by atoms with Crippen LogP contribution >= 0.6 is 0 Å². The van der Waals surface area contributed by atoms with Gasteiger partial charge in [0.15, 0.2) is 0 Å². The van der Waals surface area contributed by atoms with E-state index in [0.29, 0.717) is 0 Å². The van der Waals surface area contributed by atoms with Crippen molar-refractivity contribution < 1.29 is 0 Å². The third-order valence-corrected chi connectivity index (χ3v) is 3.74. The Morgan fingerprint density at radius 3 is 2.50 bits per heavy atom. The third kappa shape index (κ3) is 3.01. The van der Waals surface area contributed by atoms with Gasteiger partial charge in [-0.1, -0.05) is 56.4 Å². The van der Waals surface area contributed by atoms with Crippen molar-refractivity contribution in [3.8, 4) is 0 Å². The molecule has 0 radical (unpaired) electrons. The summed E-state index contributed by atoms with van der Waals surface area (Å²) in [5, 5.41) is 0. The highest BCUT2D eigenvalue weighted by atomic mass is 14.2. The zero-order chi connectivity index (χ0) is 9.64. The van der Waals surface area contributed by atoms with Crippen LogP contribution in [0.5, 0.6) is 0 Å². The van der Waals surface area contributed by atoms with Crippen molar-refractivity contribution in [2.24, 2.45) is 11.8 Å². The fourth-order valence-corrected chi connectivity index (χ4v) is 2.77. The van der Waals surface area contributed by atoms with Crippen LogP contribution in [-0.2, 0) is 0 Å². The summed E-state index contributed by atoms with van der Waals surface area (Å²) in [7, 11) is 0. The summed E-state index contributed by atoms with van der Waals surface area (Å²) in [5.41, 5.74) is 0. The van der Waals surface area contributed by atoms with E-state index in [4.69, 9.17) is 0 Å². The van der Waals surface area contributed by atoms with Gasteiger partial charge in [0.2, 0.25) is 0 Å². The maximum atomic E-state index is 2.39. The average molecular weight is 190 g/mol. The third-order valence-electron chi connectivity index (χ3n) is 3.74. The molecule has 0 bridgehead atoms. The minimum atomic E-state index is 0.849. The number of rotatable bonds is 3. The molecule has 0 aliphatic heterocycles. The molecule has 78 valence electrons. The van der Waals surface area contributed by atoms with E-state index < -0.39 is 0 Å². The lowest BCUT2D eigenvalue weighted by Crippen LogP contribution is -2.08. The Balaban J connectivity index is 1.66. The second-order valence-electron chi connectivity index (χ2n) is 4.89. The van der Waals surface area contributed by atoms with Crippen LogP contribution in [0.4, 0.5) is 0 Å². The highest BCUT2D eigenvalue weighted by Gasteiger charge is 2.14. The van der Waals surface area contributed by atoms with Gasteiger partial charge in [-0.05, 0) is 31.1 Å². The first kappa shape index (κ1) is 10.0. The lowest BCUT2D eigenvalue weighted by atomic mass is 9.83. The minimum absolute atomic E-state index is 0.849. The summed E-state index contributed by atoms with van der Waals surface area (Å²) in [5.74, 6) is 1.91. The molecule has 0 amide bonds. The van der Waals surface area contributed by atoms with Crippen molar-refractivity contribution in [1.82, 2.24) is 0 Å². The summed E-state index contributed by atoms with van der Waals surface area (Å²) in [6.07, 6.45) is 20.8. The van der Waals surface area contributed by atoms with Crippen molar-refractivity contribution >= 4 is 0 Å². The van der Waals surface area contributed by atoms with Crippen LogP contribution in [0.1, 0.15) is 51.4 Å². The molecule has 0 heteroatoms.